The van der Waals surface area contributed by atoms with Crippen LogP contribution in [-0.2, 0) is 20.8 Å². The lowest BCUT2D eigenvalue weighted by atomic mass is 9.81. The van der Waals surface area contributed by atoms with Crippen LogP contribution in [0.15, 0.2) is 72.8 Å². The van der Waals surface area contributed by atoms with Crippen LogP contribution in [0.2, 0.25) is 0 Å². The van der Waals surface area contributed by atoms with Gasteiger partial charge in [-0.1, -0.05) is 60.7 Å². The van der Waals surface area contributed by atoms with E-state index in [0.717, 1.165) is 17.6 Å². The van der Waals surface area contributed by atoms with Gasteiger partial charge in [0.15, 0.2) is 0 Å². The second kappa shape index (κ2) is 9.49. The lowest BCUT2D eigenvalue weighted by molar-refractivity contribution is -0.0827. The van der Waals surface area contributed by atoms with Crippen LogP contribution in [0.3, 0.4) is 0 Å². The standard InChI is InChI=1S/C23H26O4/c1-17-13-14-21(27-23(24)19-11-7-4-8-12-19)22(25-2)20(17)16-26-15-18-9-5-3-6-10-18/h3-12,20-22H,1,13-16H2,2H3/t20-,21-,22+/m1/s1. The number of methoxy groups -OCH3 is 1. The van der Waals surface area contributed by atoms with E-state index < -0.39 is 0 Å². The second-order valence-corrected chi connectivity index (χ2v) is 6.81. The van der Waals surface area contributed by atoms with Gasteiger partial charge in [0.2, 0.25) is 0 Å². The molecule has 3 rings (SSSR count). The maximum Gasteiger partial charge on any atom is 0.338 e. The minimum Gasteiger partial charge on any atom is -0.456 e. The Morgan fingerprint density at radius 2 is 1.74 bits per heavy atom. The third-order valence-corrected chi connectivity index (χ3v) is 4.99. The SMILES string of the molecule is C=C1CC[C@@H](OC(=O)c2ccccc2)[C@@H](OC)[C@@H]1COCc1ccccc1. The molecule has 2 aromatic rings. The average Bonchev–Trinajstić information content (AvgIpc) is 2.71. The summed E-state index contributed by atoms with van der Waals surface area (Å²) in [6.45, 7) is 5.22. The molecule has 0 spiro atoms. The maximum absolute atomic E-state index is 12.4. The van der Waals surface area contributed by atoms with Crippen LogP contribution in [0.1, 0.15) is 28.8 Å². The van der Waals surface area contributed by atoms with E-state index in [-0.39, 0.29) is 24.1 Å². The van der Waals surface area contributed by atoms with Crippen LogP contribution < -0.4 is 0 Å². The van der Waals surface area contributed by atoms with Gasteiger partial charge in [-0.2, -0.15) is 0 Å². The zero-order valence-corrected chi connectivity index (χ0v) is 15.7. The van der Waals surface area contributed by atoms with E-state index in [9.17, 15) is 4.79 Å². The number of carbonyl (C=O) groups excluding carboxylic acids is 1. The lowest BCUT2D eigenvalue weighted by Crippen LogP contribution is -2.44. The molecule has 1 aliphatic rings. The summed E-state index contributed by atoms with van der Waals surface area (Å²) in [5.74, 6) is -0.319. The van der Waals surface area contributed by atoms with Crippen molar-refractivity contribution >= 4 is 5.97 Å². The predicted octanol–water partition coefficient (Wildman–Crippen LogP) is 4.41. The van der Waals surface area contributed by atoms with Gasteiger partial charge in [0.1, 0.15) is 12.2 Å². The van der Waals surface area contributed by atoms with E-state index in [2.05, 4.69) is 6.58 Å². The third kappa shape index (κ3) is 5.06. The molecular formula is C23H26O4. The van der Waals surface area contributed by atoms with E-state index in [1.165, 1.54) is 0 Å². The summed E-state index contributed by atoms with van der Waals surface area (Å²) in [7, 11) is 1.65. The van der Waals surface area contributed by atoms with Crippen LogP contribution in [0, 0.1) is 5.92 Å². The Balaban J connectivity index is 1.61. The summed E-state index contributed by atoms with van der Waals surface area (Å²) in [5.41, 5.74) is 2.76. The van der Waals surface area contributed by atoms with Gasteiger partial charge in [-0.15, -0.1) is 0 Å². The van der Waals surface area contributed by atoms with Gasteiger partial charge in [0.05, 0.1) is 18.8 Å². The molecule has 27 heavy (non-hydrogen) atoms. The topological polar surface area (TPSA) is 44.8 Å². The monoisotopic (exact) mass is 366 g/mol. The normalized spacial score (nSPS) is 22.4. The highest BCUT2D eigenvalue weighted by atomic mass is 16.6. The number of esters is 1. The summed E-state index contributed by atoms with van der Waals surface area (Å²) in [5, 5.41) is 0. The second-order valence-electron chi connectivity index (χ2n) is 6.81. The van der Waals surface area contributed by atoms with Crippen molar-refractivity contribution in [2.45, 2.75) is 31.7 Å². The highest BCUT2D eigenvalue weighted by molar-refractivity contribution is 5.89. The van der Waals surface area contributed by atoms with Gasteiger partial charge in [-0.3, -0.25) is 0 Å². The maximum atomic E-state index is 12.4. The van der Waals surface area contributed by atoms with Crippen LogP contribution in [0.4, 0.5) is 0 Å². The fraction of sp³-hybridized carbons (Fsp3) is 0.348. The molecule has 4 heteroatoms. The first-order valence-corrected chi connectivity index (χ1v) is 9.27. The fourth-order valence-corrected chi connectivity index (χ4v) is 3.48. The Bertz CT molecular complexity index is 741. The summed E-state index contributed by atoms with van der Waals surface area (Å²) < 4.78 is 17.4. The highest BCUT2D eigenvalue weighted by Gasteiger charge is 2.38. The van der Waals surface area contributed by atoms with Crippen LogP contribution >= 0.6 is 0 Å². The molecule has 4 nitrogen and oxygen atoms in total. The van der Waals surface area contributed by atoms with Gasteiger partial charge >= 0.3 is 5.97 Å². The molecule has 3 atom stereocenters. The zero-order chi connectivity index (χ0) is 19.1. The quantitative estimate of drug-likeness (QED) is 0.538. The lowest BCUT2D eigenvalue weighted by Gasteiger charge is -2.38. The summed E-state index contributed by atoms with van der Waals surface area (Å²) >= 11 is 0. The molecule has 0 radical (unpaired) electrons. The first kappa shape index (κ1) is 19.3. The number of hydrogen-bond acceptors (Lipinski definition) is 4. The molecule has 2 aromatic carbocycles. The van der Waals surface area contributed by atoms with Gasteiger partial charge in [-0.05, 0) is 30.5 Å². The fourth-order valence-electron chi connectivity index (χ4n) is 3.48. The summed E-state index contributed by atoms with van der Waals surface area (Å²) in [6.07, 6.45) is 0.949. The van der Waals surface area contributed by atoms with Crippen molar-refractivity contribution < 1.29 is 19.0 Å². The molecule has 0 N–H and O–H groups in total. The molecular weight excluding hydrogens is 340 g/mol. The van der Waals surface area contributed by atoms with Gasteiger partial charge in [0.25, 0.3) is 0 Å². The molecule has 0 heterocycles. The van der Waals surface area contributed by atoms with Crippen molar-refractivity contribution in [2.75, 3.05) is 13.7 Å². The Labute approximate surface area is 160 Å². The van der Waals surface area contributed by atoms with Crippen molar-refractivity contribution in [3.63, 3.8) is 0 Å². The molecule has 142 valence electrons. The first-order valence-electron chi connectivity index (χ1n) is 9.27. The van der Waals surface area contributed by atoms with Crippen LogP contribution in [-0.4, -0.2) is 31.9 Å². The molecule has 0 saturated heterocycles. The number of rotatable bonds is 7. The van der Waals surface area contributed by atoms with Crippen molar-refractivity contribution in [1.29, 1.82) is 0 Å². The smallest absolute Gasteiger partial charge is 0.338 e. The van der Waals surface area contributed by atoms with Crippen molar-refractivity contribution in [3.05, 3.63) is 83.9 Å². The summed E-state index contributed by atoms with van der Waals surface area (Å²) in [6, 6.07) is 19.1. The van der Waals surface area contributed by atoms with Crippen molar-refractivity contribution in [1.82, 2.24) is 0 Å². The molecule has 0 bridgehead atoms. The van der Waals surface area contributed by atoms with Gasteiger partial charge in [0, 0.05) is 13.0 Å². The largest absolute Gasteiger partial charge is 0.456 e. The van der Waals surface area contributed by atoms with E-state index >= 15 is 0 Å². The molecule has 0 unspecified atom stereocenters. The number of ether oxygens (including phenoxy) is 3. The minimum atomic E-state index is -0.320. The molecule has 1 fully saturated rings. The van der Waals surface area contributed by atoms with E-state index in [1.54, 1.807) is 19.2 Å². The van der Waals surface area contributed by atoms with Gasteiger partial charge < -0.3 is 14.2 Å². The molecule has 0 amide bonds. The zero-order valence-electron chi connectivity index (χ0n) is 15.7. The van der Waals surface area contributed by atoms with Crippen molar-refractivity contribution in [2.24, 2.45) is 5.92 Å². The Morgan fingerprint density at radius 1 is 1.07 bits per heavy atom. The molecule has 1 aliphatic carbocycles. The third-order valence-electron chi connectivity index (χ3n) is 4.99. The van der Waals surface area contributed by atoms with E-state index in [0.29, 0.717) is 25.2 Å². The number of hydrogen-bond donors (Lipinski definition) is 0. The Morgan fingerprint density at radius 3 is 2.41 bits per heavy atom. The van der Waals surface area contributed by atoms with Gasteiger partial charge in [-0.25, -0.2) is 4.79 Å². The molecule has 0 aromatic heterocycles. The van der Waals surface area contributed by atoms with E-state index in [1.807, 2.05) is 48.5 Å². The Kier molecular flexibility index (Phi) is 6.80. The van der Waals surface area contributed by atoms with Crippen LogP contribution in [0.5, 0.6) is 0 Å². The Hall–Kier alpha value is -2.43. The number of benzene rings is 2. The summed E-state index contributed by atoms with van der Waals surface area (Å²) in [4.78, 5) is 12.4. The number of carbonyl (C=O) groups is 1. The first-order chi connectivity index (χ1) is 13.2. The average molecular weight is 366 g/mol. The molecule has 1 saturated carbocycles. The minimum absolute atomic E-state index is 0.000959. The molecule has 0 aliphatic heterocycles. The van der Waals surface area contributed by atoms with Crippen molar-refractivity contribution in [3.8, 4) is 0 Å². The highest BCUT2D eigenvalue weighted by Crippen LogP contribution is 2.33. The van der Waals surface area contributed by atoms with E-state index in [4.69, 9.17) is 14.2 Å². The predicted molar refractivity (Wildman–Crippen MR) is 104 cm³/mol. The van der Waals surface area contributed by atoms with Crippen LogP contribution in [0.25, 0.3) is 0 Å².